The molecule has 0 amide bonds. The van der Waals surface area contributed by atoms with Crippen LogP contribution < -0.4 is 0 Å². The molecule has 0 atom stereocenters. The van der Waals surface area contributed by atoms with Gasteiger partial charge in [-0.2, -0.15) is 0 Å². The van der Waals surface area contributed by atoms with Gasteiger partial charge < -0.3 is 13.1 Å². The van der Waals surface area contributed by atoms with E-state index in [-0.39, 0.29) is 53.4 Å². The summed E-state index contributed by atoms with van der Waals surface area (Å²) >= 11 is 0. The van der Waals surface area contributed by atoms with E-state index in [1.807, 2.05) is 0 Å². The molecule has 0 aromatic carbocycles. The first-order valence-electron chi connectivity index (χ1n) is 3.06. The van der Waals surface area contributed by atoms with E-state index in [9.17, 15) is 9.59 Å². The quantitative estimate of drug-likeness (QED) is 0.476. The number of carboxylic acids is 2. The minimum Gasteiger partial charge on any atom is -1.00 e. The normalized spacial score (nSPS) is 19.3. The average Bonchev–Trinajstić information content (AvgIpc) is 1.57. The molecule has 0 radical (unpaired) electrons. The van der Waals surface area contributed by atoms with Gasteiger partial charge in [0, 0.05) is 0 Å². The standard InChI is InChI=1S/C6H8O4.Ca.2H/c7-4(8)6(5(9)10)2-1-3-6;;;/h1-3H2,(H,7,8)(H,9,10);;;/q;+2;2*-1. The summed E-state index contributed by atoms with van der Waals surface area (Å²) in [5.74, 6) is -2.41. The molecule has 0 aliphatic heterocycles. The zero-order valence-corrected chi connectivity index (χ0v) is 8.25. The van der Waals surface area contributed by atoms with Crippen LogP contribution in [0.3, 0.4) is 0 Å². The monoisotopic (exact) mass is 186 g/mol. The summed E-state index contributed by atoms with van der Waals surface area (Å²) < 4.78 is 0. The van der Waals surface area contributed by atoms with Crippen LogP contribution in [0.15, 0.2) is 0 Å². The van der Waals surface area contributed by atoms with Crippen molar-refractivity contribution < 1.29 is 22.7 Å². The summed E-state index contributed by atoms with van der Waals surface area (Å²) in [5.41, 5.74) is -1.44. The molecule has 1 rings (SSSR count). The molecule has 0 spiro atoms. The Morgan fingerprint density at radius 1 is 1.18 bits per heavy atom. The third-order valence-electron chi connectivity index (χ3n) is 2.03. The maximum Gasteiger partial charge on any atom is 2.00 e. The fraction of sp³-hybridized carbons (Fsp3) is 0.667. The molecule has 1 aliphatic carbocycles. The summed E-state index contributed by atoms with van der Waals surface area (Å²) in [5, 5.41) is 16.9. The Labute approximate surface area is 96.6 Å². The second-order valence-corrected chi connectivity index (χ2v) is 2.55. The molecule has 1 aliphatic rings. The fourth-order valence-electron chi connectivity index (χ4n) is 1.05. The first-order valence-corrected chi connectivity index (χ1v) is 3.06. The van der Waals surface area contributed by atoms with Gasteiger partial charge in [-0.15, -0.1) is 0 Å². The van der Waals surface area contributed by atoms with E-state index in [0.717, 1.165) is 0 Å². The first kappa shape index (κ1) is 11.2. The molecule has 5 heteroatoms. The van der Waals surface area contributed by atoms with Gasteiger partial charge >= 0.3 is 49.7 Å². The molecule has 0 aromatic rings. The number of carboxylic acid groups (broad SMARTS) is 2. The third-order valence-corrected chi connectivity index (χ3v) is 2.03. The van der Waals surface area contributed by atoms with Crippen LogP contribution in [0, 0.1) is 5.41 Å². The summed E-state index contributed by atoms with van der Waals surface area (Å²) in [7, 11) is 0. The van der Waals surface area contributed by atoms with Crippen molar-refractivity contribution in [2.45, 2.75) is 19.3 Å². The van der Waals surface area contributed by atoms with Gasteiger partial charge in [0.15, 0.2) is 5.41 Å². The summed E-state index contributed by atoms with van der Waals surface area (Å²) in [4.78, 5) is 20.7. The Hall–Kier alpha value is 0.200. The molecule has 0 heterocycles. The second kappa shape index (κ2) is 3.74. The molecule has 4 nitrogen and oxygen atoms in total. The van der Waals surface area contributed by atoms with Gasteiger partial charge in [-0.05, 0) is 19.3 Å². The van der Waals surface area contributed by atoms with Crippen molar-refractivity contribution in [2.24, 2.45) is 5.41 Å². The van der Waals surface area contributed by atoms with Gasteiger partial charge in [0.25, 0.3) is 0 Å². The minimum absolute atomic E-state index is 0. The fourth-order valence-corrected chi connectivity index (χ4v) is 1.05. The topological polar surface area (TPSA) is 74.6 Å². The van der Waals surface area contributed by atoms with Crippen LogP contribution >= 0.6 is 0 Å². The Morgan fingerprint density at radius 2 is 1.55 bits per heavy atom. The molecule has 2 N–H and O–H groups in total. The largest absolute Gasteiger partial charge is 2.00 e. The minimum atomic E-state index is -1.44. The van der Waals surface area contributed by atoms with Crippen molar-refractivity contribution in [1.82, 2.24) is 0 Å². The maximum atomic E-state index is 10.4. The molecule has 60 valence electrons. The van der Waals surface area contributed by atoms with Crippen molar-refractivity contribution in [3.05, 3.63) is 0 Å². The van der Waals surface area contributed by atoms with Gasteiger partial charge in [0.2, 0.25) is 0 Å². The van der Waals surface area contributed by atoms with Gasteiger partial charge in [-0.3, -0.25) is 9.59 Å². The Morgan fingerprint density at radius 3 is 1.55 bits per heavy atom. The SMILES string of the molecule is O=C(O)C1(C(=O)O)CCC1.[Ca+2].[H-].[H-]. The number of rotatable bonds is 2. The molecular weight excluding hydrogens is 176 g/mol. The number of aliphatic carboxylic acids is 2. The molecule has 0 unspecified atom stereocenters. The van der Waals surface area contributed by atoms with Crippen LogP contribution in [-0.4, -0.2) is 59.9 Å². The van der Waals surface area contributed by atoms with Gasteiger partial charge in [-0.1, -0.05) is 0 Å². The van der Waals surface area contributed by atoms with Crippen LogP contribution in [0.25, 0.3) is 0 Å². The maximum absolute atomic E-state index is 10.4. The van der Waals surface area contributed by atoms with Crippen LogP contribution in [0.4, 0.5) is 0 Å². The Balaban J connectivity index is -0.000000333. The number of carbonyl (C=O) groups is 2. The van der Waals surface area contributed by atoms with E-state index >= 15 is 0 Å². The van der Waals surface area contributed by atoms with Crippen LogP contribution in [0.1, 0.15) is 22.1 Å². The molecule has 1 fully saturated rings. The Bertz CT molecular complexity index is 177. The molecule has 0 aromatic heterocycles. The van der Waals surface area contributed by atoms with Crippen LogP contribution in [-0.2, 0) is 9.59 Å². The Kier molecular flexibility index (Phi) is 3.80. The zero-order chi connectivity index (χ0) is 7.78. The van der Waals surface area contributed by atoms with E-state index in [1.165, 1.54) is 0 Å². The van der Waals surface area contributed by atoms with E-state index in [4.69, 9.17) is 10.2 Å². The van der Waals surface area contributed by atoms with Crippen LogP contribution in [0.2, 0.25) is 0 Å². The van der Waals surface area contributed by atoms with Crippen molar-refractivity contribution >= 4 is 49.7 Å². The van der Waals surface area contributed by atoms with Crippen molar-refractivity contribution in [2.75, 3.05) is 0 Å². The predicted molar refractivity (Wildman–Crippen MR) is 39.5 cm³/mol. The number of hydrogen-bond acceptors (Lipinski definition) is 2. The van der Waals surface area contributed by atoms with Crippen LogP contribution in [0.5, 0.6) is 0 Å². The summed E-state index contributed by atoms with van der Waals surface area (Å²) in [6.45, 7) is 0. The van der Waals surface area contributed by atoms with Gasteiger partial charge in [-0.25, -0.2) is 0 Å². The van der Waals surface area contributed by atoms with E-state index in [1.54, 1.807) is 0 Å². The molecule has 0 bridgehead atoms. The second-order valence-electron chi connectivity index (χ2n) is 2.55. The first-order chi connectivity index (χ1) is 4.59. The summed E-state index contributed by atoms with van der Waals surface area (Å²) in [6, 6.07) is 0. The molecule has 11 heavy (non-hydrogen) atoms. The van der Waals surface area contributed by atoms with Crippen molar-refractivity contribution in [1.29, 1.82) is 0 Å². The smallest absolute Gasteiger partial charge is 1.00 e. The van der Waals surface area contributed by atoms with Crippen molar-refractivity contribution in [3.8, 4) is 0 Å². The van der Waals surface area contributed by atoms with Crippen molar-refractivity contribution in [3.63, 3.8) is 0 Å². The van der Waals surface area contributed by atoms with Gasteiger partial charge in [0.1, 0.15) is 0 Å². The van der Waals surface area contributed by atoms with E-state index in [0.29, 0.717) is 6.42 Å². The summed E-state index contributed by atoms with van der Waals surface area (Å²) in [6.07, 6.45) is 1.26. The van der Waals surface area contributed by atoms with E-state index < -0.39 is 17.4 Å². The molecule has 1 saturated carbocycles. The van der Waals surface area contributed by atoms with Gasteiger partial charge in [0.05, 0.1) is 0 Å². The third kappa shape index (κ3) is 1.68. The van der Waals surface area contributed by atoms with E-state index in [2.05, 4.69) is 0 Å². The zero-order valence-electron chi connectivity index (χ0n) is 8.04. The molecular formula is C6H10CaO4. The average molecular weight is 186 g/mol. The molecule has 0 saturated heterocycles. The predicted octanol–water partition coefficient (Wildman–Crippen LogP) is 0.170. The number of hydrogen-bond donors (Lipinski definition) is 2.